The van der Waals surface area contributed by atoms with Gasteiger partial charge in [-0.2, -0.15) is 0 Å². The summed E-state index contributed by atoms with van der Waals surface area (Å²) in [6, 6.07) is 17.6. The number of nitrogens with zero attached hydrogens (tertiary/aromatic N) is 1. The molecule has 2 N–H and O–H groups in total. The van der Waals surface area contributed by atoms with E-state index in [1.54, 1.807) is 5.38 Å². The molecule has 0 bridgehead atoms. The lowest BCUT2D eigenvalue weighted by Crippen LogP contribution is -2.42. The van der Waals surface area contributed by atoms with Crippen molar-refractivity contribution in [3.63, 3.8) is 0 Å². The number of aryl methyl sites for hydroxylation is 1. The lowest BCUT2D eigenvalue weighted by atomic mass is 10.2. The summed E-state index contributed by atoms with van der Waals surface area (Å²) >= 11 is 2.79. The molecule has 0 unspecified atom stereocenters. The molecule has 5 nitrogen and oxygen atoms in total. The standard InChI is InChI=1S/C19H17N3O2S2/c1-13-7-9-15(10-8-13)25-12-17(23)21-22-18(24)16-11-26-19(20-16)14-5-3-2-4-6-14/h2-11H,12H2,1H3,(H,21,23)(H,22,24). The third-order valence-corrected chi connectivity index (χ3v) is 5.37. The highest BCUT2D eigenvalue weighted by Crippen LogP contribution is 2.23. The van der Waals surface area contributed by atoms with Gasteiger partial charge in [0, 0.05) is 15.8 Å². The predicted molar refractivity (Wildman–Crippen MR) is 105 cm³/mol. The van der Waals surface area contributed by atoms with E-state index >= 15 is 0 Å². The second kappa shape index (κ2) is 8.64. The van der Waals surface area contributed by atoms with Gasteiger partial charge in [-0.15, -0.1) is 23.1 Å². The number of hydrogen-bond acceptors (Lipinski definition) is 5. The van der Waals surface area contributed by atoms with Gasteiger partial charge in [-0.1, -0.05) is 48.0 Å². The molecule has 0 aliphatic heterocycles. The van der Waals surface area contributed by atoms with Crippen molar-refractivity contribution in [3.8, 4) is 10.6 Å². The van der Waals surface area contributed by atoms with E-state index in [1.807, 2.05) is 61.5 Å². The third kappa shape index (κ3) is 4.93. The van der Waals surface area contributed by atoms with E-state index in [0.29, 0.717) is 0 Å². The summed E-state index contributed by atoms with van der Waals surface area (Å²) in [7, 11) is 0. The van der Waals surface area contributed by atoms with E-state index in [0.717, 1.165) is 15.5 Å². The zero-order valence-electron chi connectivity index (χ0n) is 14.1. The van der Waals surface area contributed by atoms with Gasteiger partial charge < -0.3 is 0 Å². The molecule has 0 aliphatic carbocycles. The van der Waals surface area contributed by atoms with Crippen LogP contribution in [0.15, 0.2) is 64.9 Å². The van der Waals surface area contributed by atoms with Crippen molar-refractivity contribution in [2.24, 2.45) is 0 Å². The number of hydrogen-bond donors (Lipinski definition) is 2. The van der Waals surface area contributed by atoms with Gasteiger partial charge in [-0.3, -0.25) is 20.4 Å². The minimum atomic E-state index is -0.433. The average molecular weight is 383 g/mol. The largest absolute Gasteiger partial charge is 0.289 e. The first kappa shape index (κ1) is 18.2. The number of aromatic nitrogens is 1. The van der Waals surface area contributed by atoms with E-state index in [1.165, 1.54) is 28.7 Å². The highest BCUT2D eigenvalue weighted by molar-refractivity contribution is 8.00. The molecule has 2 amide bonds. The fourth-order valence-corrected chi connectivity index (χ4v) is 3.61. The highest BCUT2D eigenvalue weighted by Gasteiger charge is 2.12. The van der Waals surface area contributed by atoms with E-state index < -0.39 is 5.91 Å². The van der Waals surface area contributed by atoms with E-state index in [2.05, 4.69) is 15.8 Å². The van der Waals surface area contributed by atoms with Crippen molar-refractivity contribution in [1.29, 1.82) is 0 Å². The Morgan fingerprint density at radius 1 is 1.04 bits per heavy atom. The molecule has 0 saturated carbocycles. The molecule has 26 heavy (non-hydrogen) atoms. The van der Waals surface area contributed by atoms with Crippen LogP contribution >= 0.6 is 23.1 Å². The van der Waals surface area contributed by atoms with Gasteiger partial charge in [0.1, 0.15) is 10.7 Å². The Hall–Kier alpha value is -2.64. The Morgan fingerprint density at radius 3 is 2.50 bits per heavy atom. The molecule has 1 aromatic heterocycles. The maximum absolute atomic E-state index is 12.1. The second-order valence-corrected chi connectivity index (χ2v) is 7.41. The van der Waals surface area contributed by atoms with E-state index in [4.69, 9.17) is 0 Å². The minimum Gasteiger partial charge on any atom is -0.272 e. The lowest BCUT2D eigenvalue weighted by Gasteiger charge is -2.06. The molecule has 0 fully saturated rings. The van der Waals surface area contributed by atoms with Crippen molar-refractivity contribution in [2.45, 2.75) is 11.8 Å². The summed E-state index contributed by atoms with van der Waals surface area (Å²) in [5.74, 6) is -0.491. The van der Waals surface area contributed by atoms with Crippen LogP contribution in [0.3, 0.4) is 0 Å². The van der Waals surface area contributed by atoms with Crippen LogP contribution in [0.25, 0.3) is 10.6 Å². The normalized spacial score (nSPS) is 10.3. The minimum absolute atomic E-state index is 0.218. The van der Waals surface area contributed by atoms with Crippen LogP contribution < -0.4 is 10.9 Å². The Bertz CT molecular complexity index is 893. The number of nitrogens with one attached hydrogen (secondary N) is 2. The van der Waals surface area contributed by atoms with Crippen molar-refractivity contribution in [3.05, 3.63) is 71.2 Å². The number of benzene rings is 2. The average Bonchev–Trinajstić information content (AvgIpc) is 3.17. The van der Waals surface area contributed by atoms with Crippen molar-refractivity contribution in [2.75, 3.05) is 5.75 Å². The number of thiazole rings is 1. The molecule has 0 radical (unpaired) electrons. The summed E-state index contributed by atoms with van der Waals surface area (Å²) < 4.78 is 0. The molecule has 3 aromatic rings. The molecule has 2 aromatic carbocycles. The van der Waals surface area contributed by atoms with Crippen molar-refractivity contribution < 1.29 is 9.59 Å². The maximum atomic E-state index is 12.1. The van der Waals surface area contributed by atoms with E-state index in [-0.39, 0.29) is 17.4 Å². The molecule has 0 atom stereocenters. The molecule has 1 heterocycles. The Morgan fingerprint density at radius 2 is 1.77 bits per heavy atom. The summed E-state index contributed by atoms with van der Waals surface area (Å²) in [5.41, 5.74) is 7.22. The number of hydrazine groups is 1. The molecule has 3 rings (SSSR count). The fourth-order valence-electron chi connectivity index (χ4n) is 2.10. The number of amides is 2. The first-order valence-electron chi connectivity index (χ1n) is 7.91. The van der Waals surface area contributed by atoms with Gasteiger partial charge in [-0.25, -0.2) is 4.98 Å². The SMILES string of the molecule is Cc1ccc(SCC(=O)NNC(=O)c2csc(-c3ccccc3)n2)cc1. The monoisotopic (exact) mass is 383 g/mol. The molecule has 0 spiro atoms. The molecular formula is C19H17N3O2S2. The summed E-state index contributed by atoms with van der Waals surface area (Å²) in [6.45, 7) is 2.01. The van der Waals surface area contributed by atoms with Gasteiger partial charge >= 0.3 is 0 Å². The smallest absolute Gasteiger partial charge is 0.272 e. The van der Waals surface area contributed by atoms with Gasteiger partial charge in [0.05, 0.1) is 5.75 Å². The lowest BCUT2D eigenvalue weighted by molar-refractivity contribution is -0.119. The zero-order valence-corrected chi connectivity index (χ0v) is 15.7. The molecule has 7 heteroatoms. The third-order valence-electron chi connectivity index (χ3n) is 3.46. The Kier molecular flexibility index (Phi) is 6.04. The van der Waals surface area contributed by atoms with Crippen LogP contribution in [0.5, 0.6) is 0 Å². The Balaban J connectivity index is 1.48. The van der Waals surface area contributed by atoms with Gasteiger partial charge in [0.25, 0.3) is 5.91 Å². The predicted octanol–water partition coefficient (Wildman–Crippen LogP) is 3.67. The van der Waals surface area contributed by atoms with Crippen LogP contribution in [0.2, 0.25) is 0 Å². The van der Waals surface area contributed by atoms with Gasteiger partial charge in [0.2, 0.25) is 5.91 Å². The van der Waals surface area contributed by atoms with Crippen LogP contribution in [0, 0.1) is 6.92 Å². The first-order chi connectivity index (χ1) is 12.6. The summed E-state index contributed by atoms with van der Waals surface area (Å²) in [6.07, 6.45) is 0. The van der Waals surface area contributed by atoms with Crippen molar-refractivity contribution in [1.82, 2.24) is 15.8 Å². The molecule has 0 saturated heterocycles. The molecule has 132 valence electrons. The number of rotatable bonds is 5. The van der Waals surface area contributed by atoms with Crippen molar-refractivity contribution >= 4 is 34.9 Å². The fraction of sp³-hybridized carbons (Fsp3) is 0.105. The number of carbonyl (C=O) groups is 2. The van der Waals surface area contributed by atoms with Crippen LogP contribution in [0.1, 0.15) is 16.1 Å². The highest BCUT2D eigenvalue weighted by atomic mass is 32.2. The maximum Gasteiger partial charge on any atom is 0.289 e. The summed E-state index contributed by atoms with van der Waals surface area (Å²) in [4.78, 5) is 29.3. The van der Waals surface area contributed by atoms with E-state index in [9.17, 15) is 9.59 Å². The molecule has 0 aliphatic rings. The van der Waals surface area contributed by atoms with Crippen LogP contribution in [-0.2, 0) is 4.79 Å². The quantitative estimate of drug-likeness (QED) is 0.521. The van der Waals surface area contributed by atoms with Gasteiger partial charge in [-0.05, 0) is 19.1 Å². The zero-order chi connectivity index (χ0) is 18.4. The Labute approximate surface area is 159 Å². The number of carbonyl (C=O) groups excluding carboxylic acids is 2. The van der Waals surface area contributed by atoms with Crippen LogP contribution in [-0.4, -0.2) is 22.6 Å². The topological polar surface area (TPSA) is 71.1 Å². The van der Waals surface area contributed by atoms with Gasteiger partial charge in [0.15, 0.2) is 0 Å². The second-order valence-electron chi connectivity index (χ2n) is 5.51. The molecular weight excluding hydrogens is 366 g/mol. The summed E-state index contributed by atoms with van der Waals surface area (Å²) in [5, 5.41) is 2.43. The number of thioether (sulfide) groups is 1. The van der Waals surface area contributed by atoms with Crippen LogP contribution in [0.4, 0.5) is 0 Å². The first-order valence-corrected chi connectivity index (χ1v) is 9.78.